The summed E-state index contributed by atoms with van der Waals surface area (Å²) >= 11 is 0. The summed E-state index contributed by atoms with van der Waals surface area (Å²) in [6.45, 7) is 0.331. The molecule has 1 N–H and O–H groups in total. The van der Waals surface area contributed by atoms with Gasteiger partial charge in [-0.2, -0.15) is 0 Å². The highest BCUT2D eigenvalue weighted by molar-refractivity contribution is 6.01. The van der Waals surface area contributed by atoms with E-state index in [1.165, 1.54) is 41.9 Å². The van der Waals surface area contributed by atoms with Crippen LogP contribution in [0.3, 0.4) is 0 Å². The number of carbonyl (C=O) groups is 3. The van der Waals surface area contributed by atoms with Crippen LogP contribution in [0.4, 0.5) is 10.5 Å². The summed E-state index contributed by atoms with van der Waals surface area (Å²) in [6.07, 6.45) is 7.70. The zero-order chi connectivity index (χ0) is 25.1. The maximum absolute atomic E-state index is 14.1. The van der Waals surface area contributed by atoms with Crippen LogP contribution >= 0.6 is 0 Å². The summed E-state index contributed by atoms with van der Waals surface area (Å²) < 4.78 is 5.71. The molecule has 0 aromatic heterocycles. The first-order valence-corrected chi connectivity index (χ1v) is 13.2. The molecular formula is C29H34N2O5. The van der Waals surface area contributed by atoms with Crippen LogP contribution in [-0.2, 0) is 20.7 Å². The average molecular weight is 491 g/mol. The summed E-state index contributed by atoms with van der Waals surface area (Å²) in [5.41, 5.74) is 2.47. The lowest BCUT2D eigenvalue weighted by molar-refractivity contribution is -0.150. The van der Waals surface area contributed by atoms with E-state index < -0.39 is 24.1 Å². The normalized spacial score (nSPS) is 23.9. The van der Waals surface area contributed by atoms with E-state index in [4.69, 9.17) is 4.74 Å². The van der Waals surface area contributed by atoms with Gasteiger partial charge in [-0.3, -0.25) is 9.69 Å². The van der Waals surface area contributed by atoms with Gasteiger partial charge >= 0.3 is 12.1 Å². The minimum atomic E-state index is -1.01. The van der Waals surface area contributed by atoms with Crippen LogP contribution in [0.15, 0.2) is 54.6 Å². The molecule has 0 radical (unpaired) electrons. The number of carboxylic acid groups (broad SMARTS) is 1. The summed E-state index contributed by atoms with van der Waals surface area (Å²) in [6, 6.07) is 14.9. The van der Waals surface area contributed by atoms with Gasteiger partial charge in [-0.25, -0.2) is 9.59 Å². The lowest BCUT2D eigenvalue weighted by atomic mass is 9.87. The Morgan fingerprint density at radius 1 is 0.861 bits per heavy atom. The van der Waals surface area contributed by atoms with Crippen LogP contribution in [-0.4, -0.2) is 46.7 Å². The van der Waals surface area contributed by atoms with Crippen LogP contribution in [0, 0.1) is 5.92 Å². The average Bonchev–Trinajstić information content (AvgIpc) is 3.52. The molecule has 0 bridgehead atoms. The second-order valence-corrected chi connectivity index (χ2v) is 10.2. The van der Waals surface area contributed by atoms with Crippen LogP contribution in [0.1, 0.15) is 68.5 Å². The quantitative estimate of drug-likeness (QED) is 0.591. The smallest absolute Gasteiger partial charge is 0.415 e. The Labute approximate surface area is 212 Å². The molecule has 7 nitrogen and oxygen atoms in total. The molecule has 0 spiro atoms. The van der Waals surface area contributed by atoms with Crippen molar-refractivity contribution in [2.24, 2.45) is 5.92 Å². The second-order valence-electron chi connectivity index (χ2n) is 10.2. The van der Waals surface area contributed by atoms with Gasteiger partial charge in [0.15, 0.2) is 0 Å². The number of carboxylic acids is 1. The zero-order valence-electron chi connectivity index (χ0n) is 20.6. The molecule has 5 rings (SSSR count). The van der Waals surface area contributed by atoms with Gasteiger partial charge in [0.25, 0.3) is 0 Å². The predicted molar refractivity (Wildman–Crippen MR) is 136 cm³/mol. The molecule has 3 atom stereocenters. The molecule has 2 aromatic rings. The summed E-state index contributed by atoms with van der Waals surface area (Å²) in [7, 11) is 0. The SMILES string of the molecule is O=C(O)[C@H]1CCC(c2ccccc2)N1C(=O)[C@H]1Cc2ccccc2N1C(=O)OCCC1CCCCC1. The lowest BCUT2D eigenvalue weighted by Crippen LogP contribution is -2.53. The number of hydrogen-bond donors (Lipinski definition) is 1. The van der Waals surface area contributed by atoms with E-state index in [9.17, 15) is 19.5 Å². The number of para-hydroxylation sites is 1. The molecule has 1 saturated heterocycles. The molecule has 1 aliphatic carbocycles. The van der Waals surface area contributed by atoms with Gasteiger partial charge in [0, 0.05) is 6.42 Å². The van der Waals surface area contributed by atoms with Gasteiger partial charge in [0.1, 0.15) is 12.1 Å². The maximum atomic E-state index is 14.1. The molecule has 7 heteroatoms. The Kier molecular flexibility index (Phi) is 7.25. The topological polar surface area (TPSA) is 87.2 Å². The van der Waals surface area contributed by atoms with Crippen LogP contribution in [0.2, 0.25) is 0 Å². The molecular weight excluding hydrogens is 456 g/mol. The second kappa shape index (κ2) is 10.7. The highest BCUT2D eigenvalue weighted by Gasteiger charge is 2.48. The fraction of sp³-hybridized carbons (Fsp3) is 0.483. The van der Waals surface area contributed by atoms with E-state index in [0.717, 1.165) is 17.5 Å². The van der Waals surface area contributed by atoms with Crippen molar-refractivity contribution in [3.05, 3.63) is 65.7 Å². The first-order chi connectivity index (χ1) is 17.5. The van der Waals surface area contributed by atoms with Crippen molar-refractivity contribution in [2.75, 3.05) is 11.5 Å². The Bertz CT molecular complexity index is 1100. The highest BCUT2D eigenvalue weighted by Crippen LogP contribution is 2.40. The fourth-order valence-electron chi connectivity index (χ4n) is 6.20. The van der Waals surface area contributed by atoms with Crippen LogP contribution < -0.4 is 4.90 Å². The maximum Gasteiger partial charge on any atom is 0.415 e. The monoisotopic (exact) mass is 490 g/mol. The lowest BCUT2D eigenvalue weighted by Gasteiger charge is -2.34. The number of nitrogens with zero attached hydrogens (tertiary/aromatic N) is 2. The number of rotatable bonds is 6. The molecule has 2 heterocycles. The van der Waals surface area contributed by atoms with E-state index in [0.29, 0.717) is 37.5 Å². The highest BCUT2D eigenvalue weighted by atomic mass is 16.6. The van der Waals surface area contributed by atoms with Gasteiger partial charge in [0.05, 0.1) is 18.3 Å². The van der Waals surface area contributed by atoms with E-state index in [2.05, 4.69) is 0 Å². The largest absolute Gasteiger partial charge is 0.480 e. The van der Waals surface area contributed by atoms with Gasteiger partial charge in [-0.15, -0.1) is 0 Å². The molecule has 36 heavy (non-hydrogen) atoms. The molecule has 1 unspecified atom stereocenters. The van der Waals surface area contributed by atoms with Crippen molar-refractivity contribution in [3.8, 4) is 0 Å². The summed E-state index contributed by atoms with van der Waals surface area (Å²) in [5.74, 6) is -0.768. The molecule has 2 aromatic carbocycles. The van der Waals surface area contributed by atoms with Gasteiger partial charge in [-0.05, 0) is 42.4 Å². The zero-order valence-corrected chi connectivity index (χ0v) is 20.6. The third-order valence-electron chi connectivity index (χ3n) is 8.04. The van der Waals surface area contributed by atoms with E-state index in [-0.39, 0.29) is 11.9 Å². The third kappa shape index (κ3) is 4.84. The minimum Gasteiger partial charge on any atom is -0.480 e. The number of amides is 2. The van der Waals surface area contributed by atoms with Gasteiger partial charge in [0.2, 0.25) is 5.91 Å². The number of anilines is 1. The predicted octanol–water partition coefficient (Wildman–Crippen LogP) is 5.34. The number of carbonyl (C=O) groups excluding carboxylic acids is 2. The molecule has 3 aliphatic rings. The van der Waals surface area contributed by atoms with Crippen molar-refractivity contribution in [3.63, 3.8) is 0 Å². The molecule has 2 aliphatic heterocycles. The standard InChI is InChI=1S/C29H34N2O5/c32-27(30-24(15-16-25(30)28(33)34)21-11-5-2-6-12-21)26-19-22-13-7-8-14-23(22)31(26)29(35)36-18-17-20-9-3-1-4-10-20/h2,5-8,11-14,20,24-26H,1,3-4,9-10,15-19H2,(H,33,34)/t24?,25-,26-/m1/s1. The first kappa shape index (κ1) is 24.3. The Morgan fingerprint density at radius 2 is 1.58 bits per heavy atom. The Morgan fingerprint density at radius 3 is 2.33 bits per heavy atom. The van der Waals surface area contributed by atoms with E-state index >= 15 is 0 Å². The summed E-state index contributed by atoms with van der Waals surface area (Å²) in [5, 5.41) is 9.93. The first-order valence-electron chi connectivity index (χ1n) is 13.2. The van der Waals surface area contributed by atoms with Gasteiger partial charge < -0.3 is 14.7 Å². The Hall–Kier alpha value is -3.35. The molecule has 190 valence electrons. The van der Waals surface area contributed by atoms with Crippen molar-refractivity contribution in [1.29, 1.82) is 0 Å². The minimum absolute atomic E-state index is 0.331. The molecule has 2 fully saturated rings. The van der Waals surface area contributed by atoms with Crippen molar-refractivity contribution in [2.45, 2.75) is 75.9 Å². The number of ether oxygens (including phenoxy) is 1. The van der Waals surface area contributed by atoms with E-state index in [1.54, 1.807) is 0 Å². The number of fused-ring (bicyclic) bond motifs is 1. The number of likely N-dealkylation sites (tertiary alicyclic amines) is 1. The molecule has 1 saturated carbocycles. The Balaban J connectivity index is 1.38. The van der Waals surface area contributed by atoms with Gasteiger partial charge in [-0.1, -0.05) is 80.6 Å². The van der Waals surface area contributed by atoms with Crippen molar-refractivity contribution < 1.29 is 24.2 Å². The number of hydrogen-bond acceptors (Lipinski definition) is 4. The number of aliphatic carboxylic acids is 1. The van der Waals surface area contributed by atoms with Crippen LogP contribution in [0.5, 0.6) is 0 Å². The number of benzene rings is 2. The van der Waals surface area contributed by atoms with Crippen LogP contribution in [0.25, 0.3) is 0 Å². The van der Waals surface area contributed by atoms with Crippen molar-refractivity contribution in [1.82, 2.24) is 4.90 Å². The molecule has 2 amide bonds. The fourth-order valence-corrected chi connectivity index (χ4v) is 6.20. The van der Waals surface area contributed by atoms with E-state index in [1.807, 2.05) is 54.6 Å². The summed E-state index contributed by atoms with van der Waals surface area (Å²) in [4.78, 5) is 42.5. The third-order valence-corrected chi connectivity index (χ3v) is 8.04. The van der Waals surface area contributed by atoms with Crippen molar-refractivity contribution >= 4 is 23.7 Å².